The van der Waals surface area contributed by atoms with Crippen LogP contribution in [0.15, 0.2) is 79.0 Å². The highest BCUT2D eigenvalue weighted by atomic mass is 16.5. The third-order valence-corrected chi connectivity index (χ3v) is 7.24. The molecule has 6 heteroatoms. The highest BCUT2D eigenvalue weighted by molar-refractivity contribution is 6.01. The normalized spacial score (nSPS) is 13.5. The van der Waals surface area contributed by atoms with Crippen LogP contribution in [0.5, 0.6) is 11.6 Å². The third kappa shape index (κ3) is 6.57. The Kier molecular flexibility index (Phi) is 7.98. The number of aromatic carboxylic acids is 1. The summed E-state index contributed by atoms with van der Waals surface area (Å²) in [5.74, 6) is 0.675. The van der Waals surface area contributed by atoms with Gasteiger partial charge in [-0.05, 0) is 64.9 Å². The van der Waals surface area contributed by atoms with E-state index in [1.807, 2.05) is 12.1 Å². The number of hydrogen-bond donors (Lipinski definition) is 2. The highest BCUT2D eigenvalue weighted by Gasteiger charge is 2.14. The average molecular weight is 509 g/mol. The molecule has 6 nitrogen and oxygen atoms in total. The van der Waals surface area contributed by atoms with Crippen molar-refractivity contribution < 1.29 is 19.4 Å². The van der Waals surface area contributed by atoms with Crippen molar-refractivity contribution in [3.63, 3.8) is 0 Å². The van der Waals surface area contributed by atoms with Crippen LogP contribution < -0.4 is 10.1 Å². The maximum atomic E-state index is 12.4. The number of nitrogens with zero attached hydrogens (tertiary/aromatic N) is 1. The van der Waals surface area contributed by atoms with Crippen LogP contribution in [0.2, 0.25) is 0 Å². The van der Waals surface area contributed by atoms with E-state index in [2.05, 4.69) is 34.6 Å². The smallest absolute Gasteiger partial charge is 0.337 e. The number of fused-ring (bicyclic) bond motifs is 1. The molecule has 1 amide bonds. The Morgan fingerprint density at radius 3 is 2.47 bits per heavy atom. The second kappa shape index (κ2) is 11.9. The number of nitrogens with one attached hydrogen (secondary N) is 1. The molecule has 0 bridgehead atoms. The molecule has 5 rings (SSSR count). The number of carboxylic acid groups (broad SMARTS) is 1. The monoisotopic (exact) mass is 508 g/mol. The first kappa shape index (κ1) is 25.5. The van der Waals surface area contributed by atoms with Crippen molar-refractivity contribution in [1.82, 2.24) is 4.98 Å². The number of benzene rings is 3. The zero-order chi connectivity index (χ0) is 26.3. The second-order valence-corrected chi connectivity index (χ2v) is 10.1. The Hall–Kier alpha value is -4.19. The molecular formula is C32H32N2O4. The number of aromatic nitrogens is 1. The molecule has 1 saturated carbocycles. The Bertz CT molecular complexity index is 1430. The zero-order valence-electron chi connectivity index (χ0n) is 21.4. The lowest BCUT2D eigenvalue weighted by Gasteiger charge is -2.10. The molecule has 0 radical (unpaired) electrons. The lowest BCUT2D eigenvalue weighted by molar-refractivity contribution is -0.115. The molecule has 0 aliphatic heterocycles. The van der Waals surface area contributed by atoms with E-state index in [1.165, 1.54) is 55.5 Å². The van der Waals surface area contributed by atoms with Crippen molar-refractivity contribution in [3.05, 3.63) is 95.7 Å². The van der Waals surface area contributed by atoms with Gasteiger partial charge in [0.1, 0.15) is 5.75 Å². The number of carbonyl (C=O) groups is 2. The minimum Gasteiger partial charge on any atom is -0.478 e. The molecule has 1 aliphatic rings. The minimum atomic E-state index is -1.09. The summed E-state index contributed by atoms with van der Waals surface area (Å²) in [6, 6.07) is 22.5. The molecule has 0 unspecified atom stereocenters. The Morgan fingerprint density at radius 1 is 0.921 bits per heavy atom. The number of aryl methyl sites for hydroxylation is 1. The van der Waals surface area contributed by atoms with Crippen LogP contribution in [-0.2, 0) is 17.6 Å². The van der Waals surface area contributed by atoms with Gasteiger partial charge in [0.2, 0.25) is 11.8 Å². The molecule has 0 spiro atoms. The zero-order valence-corrected chi connectivity index (χ0v) is 21.4. The largest absolute Gasteiger partial charge is 0.478 e. The van der Waals surface area contributed by atoms with Crippen LogP contribution in [0.25, 0.3) is 10.8 Å². The van der Waals surface area contributed by atoms with E-state index in [4.69, 9.17) is 4.74 Å². The topological polar surface area (TPSA) is 88.5 Å². The van der Waals surface area contributed by atoms with Crippen molar-refractivity contribution in [2.24, 2.45) is 5.92 Å². The first-order valence-corrected chi connectivity index (χ1v) is 13.3. The number of amides is 1. The van der Waals surface area contributed by atoms with Crippen molar-refractivity contribution >= 4 is 28.3 Å². The van der Waals surface area contributed by atoms with E-state index < -0.39 is 5.97 Å². The molecule has 1 aliphatic carbocycles. The summed E-state index contributed by atoms with van der Waals surface area (Å²) in [4.78, 5) is 28.1. The molecule has 4 aromatic rings. The van der Waals surface area contributed by atoms with E-state index >= 15 is 0 Å². The van der Waals surface area contributed by atoms with Gasteiger partial charge in [0.15, 0.2) is 0 Å². The van der Waals surface area contributed by atoms with E-state index in [9.17, 15) is 14.7 Å². The van der Waals surface area contributed by atoms with Crippen LogP contribution in [-0.4, -0.2) is 22.0 Å². The number of ether oxygens (including phenoxy) is 1. The third-order valence-electron chi connectivity index (χ3n) is 7.24. The summed E-state index contributed by atoms with van der Waals surface area (Å²) < 4.78 is 5.96. The maximum Gasteiger partial charge on any atom is 0.337 e. The molecular weight excluding hydrogens is 476 g/mol. The number of hydrogen-bond acceptors (Lipinski definition) is 4. The second-order valence-electron chi connectivity index (χ2n) is 10.1. The molecule has 1 heterocycles. The maximum absolute atomic E-state index is 12.4. The van der Waals surface area contributed by atoms with Crippen LogP contribution in [0.4, 0.5) is 5.69 Å². The van der Waals surface area contributed by atoms with E-state index in [0.717, 1.165) is 17.7 Å². The number of rotatable bonds is 10. The van der Waals surface area contributed by atoms with Gasteiger partial charge in [0, 0.05) is 12.3 Å². The number of pyridine rings is 1. The average Bonchev–Trinajstić information content (AvgIpc) is 3.44. The van der Waals surface area contributed by atoms with Gasteiger partial charge >= 0.3 is 5.97 Å². The van der Waals surface area contributed by atoms with Gasteiger partial charge in [-0.15, -0.1) is 0 Å². The summed E-state index contributed by atoms with van der Waals surface area (Å²) in [5.41, 5.74) is 2.40. The van der Waals surface area contributed by atoms with Crippen molar-refractivity contribution in [2.45, 2.75) is 51.4 Å². The molecule has 0 saturated heterocycles. The predicted molar refractivity (Wildman–Crippen MR) is 149 cm³/mol. The van der Waals surface area contributed by atoms with E-state index in [1.54, 1.807) is 36.5 Å². The van der Waals surface area contributed by atoms with Crippen LogP contribution in [0.1, 0.15) is 60.0 Å². The number of anilines is 1. The van der Waals surface area contributed by atoms with Crippen molar-refractivity contribution in [1.29, 1.82) is 0 Å². The number of carbonyl (C=O) groups excluding carboxylic acids is 1. The highest BCUT2D eigenvalue weighted by Crippen LogP contribution is 2.30. The standard InChI is InChI=1S/C32H32N2O4/c35-30(34-29-11-4-3-10-28(29)32(36)37)19-24-13-17-31(33-21-24)38-27-16-15-25-18-23(12-14-26(25)20-27)9-5-8-22-6-1-2-7-22/h3-4,10-18,20-22H,1-2,5-9,19H2,(H,34,35)(H,36,37). The van der Waals surface area contributed by atoms with Gasteiger partial charge < -0.3 is 15.2 Å². The van der Waals surface area contributed by atoms with Crippen LogP contribution >= 0.6 is 0 Å². The van der Waals surface area contributed by atoms with E-state index in [-0.39, 0.29) is 23.6 Å². The lowest BCUT2D eigenvalue weighted by atomic mass is 9.97. The summed E-state index contributed by atoms with van der Waals surface area (Å²) in [7, 11) is 0. The van der Waals surface area contributed by atoms with Crippen molar-refractivity contribution in [3.8, 4) is 11.6 Å². The summed E-state index contributed by atoms with van der Waals surface area (Å²) in [5, 5.41) is 14.3. The molecule has 1 aromatic heterocycles. The quantitative estimate of drug-likeness (QED) is 0.233. The molecule has 38 heavy (non-hydrogen) atoms. The van der Waals surface area contributed by atoms with Gasteiger partial charge in [0.25, 0.3) is 0 Å². The van der Waals surface area contributed by atoms with E-state index in [0.29, 0.717) is 17.2 Å². The first-order chi connectivity index (χ1) is 18.5. The summed E-state index contributed by atoms with van der Waals surface area (Å²) >= 11 is 0. The number of para-hydroxylation sites is 1. The van der Waals surface area contributed by atoms with Crippen LogP contribution in [0.3, 0.4) is 0 Å². The Balaban J connectivity index is 1.16. The molecule has 0 atom stereocenters. The SMILES string of the molecule is O=C(Cc1ccc(Oc2ccc3cc(CCCC4CCCC4)ccc3c2)nc1)Nc1ccccc1C(=O)O. The molecule has 1 fully saturated rings. The van der Waals surface area contributed by atoms with Crippen molar-refractivity contribution in [2.75, 3.05) is 5.32 Å². The number of carboxylic acids is 1. The Labute approximate surface area is 222 Å². The summed E-state index contributed by atoms with van der Waals surface area (Å²) in [6.45, 7) is 0. The molecule has 3 aromatic carbocycles. The van der Waals surface area contributed by atoms with Crippen LogP contribution in [0, 0.1) is 5.92 Å². The fourth-order valence-electron chi connectivity index (χ4n) is 5.24. The Morgan fingerprint density at radius 2 is 1.68 bits per heavy atom. The predicted octanol–water partition coefficient (Wildman–Crippen LogP) is 7.42. The van der Waals surface area contributed by atoms with Gasteiger partial charge in [-0.1, -0.05) is 74.6 Å². The lowest BCUT2D eigenvalue weighted by Crippen LogP contribution is -2.16. The molecule has 194 valence electrons. The fourth-order valence-corrected chi connectivity index (χ4v) is 5.24. The molecule has 2 N–H and O–H groups in total. The first-order valence-electron chi connectivity index (χ1n) is 13.3. The van der Waals surface area contributed by atoms with Gasteiger partial charge in [-0.3, -0.25) is 4.79 Å². The van der Waals surface area contributed by atoms with Gasteiger partial charge in [0.05, 0.1) is 17.7 Å². The summed E-state index contributed by atoms with van der Waals surface area (Å²) in [6.07, 6.45) is 11.0. The van der Waals surface area contributed by atoms with Gasteiger partial charge in [-0.25, -0.2) is 9.78 Å². The van der Waals surface area contributed by atoms with Gasteiger partial charge in [-0.2, -0.15) is 0 Å². The minimum absolute atomic E-state index is 0.0497. The fraction of sp³-hybridized carbons (Fsp3) is 0.281.